The van der Waals surface area contributed by atoms with Gasteiger partial charge in [-0.2, -0.15) is 13.2 Å². The molecular formula is C17H10F3NO6S. The maximum atomic E-state index is 12.3. The molecule has 2 amide bonds. The van der Waals surface area contributed by atoms with E-state index in [0.717, 1.165) is 24.3 Å². The largest absolute Gasteiger partial charge is 0.403 e. The second-order valence-electron chi connectivity index (χ2n) is 5.73. The number of carbonyl (C=O) groups excluding carboxylic acids is 3. The van der Waals surface area contributed by atoms with Crippen molar-refractivity contribution in [2.75, 3.05) is 5.75 Å². The van der Waals surface area contributed by atoms with E-state index in [1.807, 2.05) is 0 Å². The van der Waals surface area contributed by atoms with Gasteiger partial charge in [-0.05, 0) is 36.4 Å². The number of alkyl halides is 3. The fourth-order valence-corrected chi connectivity index (χ4v) is 3.63. The van der Waals surface area contributed by atoms with Crippen LogP contribution in [0.25, 0.3) is 0 Å². The Morgan fingerprint density at radius 2 is 1.43 bits per heavy atom. The number of benzene rings is 2. The molecular weight excluding hydrogens is 403 g/mol. The number of sulfone groups is 1. The lowest BCUT2D eigenvalue weighted by atomic mass is 10.1. The molecule has 0 saturated heterocycles. The number of hydrogen-bond donors (Lipinski definition) is 0. The topological polar surface area (TPSA) is 97.8 Å². The normalized spacial score (nSPS) is 14.2. The summed E-state index contributed by atoms with van der Waals surface area (Å²) in [5.41, 5.74) is -0.162. The van der Waals surface area contributed by atoms with Gasteiger partial charge in [-0.15, -0.1) is 0 Å². The summed E-state index contributed by atoms with van der Waals surface area (Å²) in [6.07, 6.45) is -4.91. The Morgan fingerprint density at radius 1 is 0.929 bits per heavy atom. The lowest BCUT2D eigenvalue weighted by molar-refractivity contribution is -0.106. The first-order valence-electron chi connectivity index (χ1n) is 7.59. The molecule has 3 rings (SSSR count). The van der Waals surface area contributed by atoms with E-state index in [1.54, 1.807) is 0 Å². The number of imide groups is 1. The van der Waals surface area contributed by atoms with Crippen molar-refractivity contribution in [3.05, 3.63) is 65.2 Å². The van der Waals surface area contributed by atoms with Gasteiger partial charge in [0, 0.05) is 0 Å². The van der Waals surface area contributed by atoms with Crippen LogP contribution in [0.3, 0.4) is 0 Å². The maximum Gasteiger partial charge on any atom is 0.403 e. The van der Waals surface area contributed by atoms with Gasteiger partial charge >= 0.3 is 12.1 Å². The van der Waals surface area contributed by atoms with Gasteiger partial charge in [0.25, 0.3) is 11.8 Å². The maximum absolute atomic E-state index is 12.3. The highest BCUT2D eigenvalue weighted by atomic mass is 32.2. The zero-order valence-electron chi connectivity index (χ0n) is 13.8. The molecule has 0 N–H and O–H groups in total. The van der Waals surface area contributed by atoms with Gasteiger partial charge in [0.2, 0.25) is 0 Å². The molecule has 0 saturated carbocycles. The molecule has 0 bridgehead atoms. The van der Waals surface area contributed by atoms with E-state index >= 15 is 0 Å². The van der Waals surface area contributed by atoms with Gasteiger partial charge in [-0.1, -0.05) is 17.2 Å². The van der Waals surface area contributed by atoms with Crippen LogP contribution in [0.1, 0.15) is 31.1 Å². The third kappa shape index (κ3) is 3.74. The smallest absolute Gasteiger partial charge is 0.324 e. The van der Waals surface area contributed by atoms with E-state index < -0.39 is 44.4 Å². The highest BCUT2D eigenvalue weighted by Gasteiger charge is 2.39. The predicted molar refractivity (Wildman–Crippen MR) is 86.9 cm³/mol. The predicted octanol–water partition coefficient (Wildman–Crippen LogP) is 2.39. The molecule has 7 nitrogen and oxygen atoms in total. The molecule has 11 heteroatoms. The standard InChI is InChI=1S/C17H10F3NO6S/c18-17(19,20)9-28(25,26)11-7-5-10(6-8-11)16(24)27-21-14(22)12-3-1-2-4-13(12)15(21)23/h1-8H,9H2. The average molecular weight is 413 g/mol. The molecule has 0 aromatic heterocycles. The Kier molecular flexibility index (Phi) is 4.71. The minimum Gasteiger partial charge on any atom is -0.324 e. The molecule has 1 aliphatic rings. The van der Waals surface area contributed by atoms with Crippen molar-refractivity contribution >= 4 is 27.6 Å². The number of hydroxylamine groups is 2. The summed E-state index contributed by atoms with van der Waals surface area (Å²) in [4.78, 5) is 40.5. The zero-order chi connectivity index (χ0) is 20.7. The Bertz CT molecular complexity index is 1040. The van der Waals surface area contributed by atoms with Gasteiger partial charge in [0.1, 0.15) is 0 Å². The monoisotopic (exact) mass is 413 g/mol. The van der Waals surface area contributed by atoms with Crippen LogP contribution in [0, 0.1) is 0 Å². The summed E-state index contributed by atoms with van der Waals surface area (Å²) in [5.74, 6) is -4.90. The number of hydrogen-bond acceptors (Lipinski definition) is 6. The Hall–Kier alpha value is -3.21. The van der Waals surface area contributed by atoms with Crippen LogP contribution in [-0.4, -0.2) is 43.2 Å². The molecule has 146 valence electrons. The highest BCUT2D eigenvalue weighted by Crippen LogP contribution is 2.25. The Labute approximate surface area is 156 Å². The molecule has 1 heterocycles. The van der Waals surface area contributed by atoms with Crippen molar-refractivity contribution < 1.29 is 40.8 Å². The molecule has 0 spiro atoms. The summed E-state index contributed by atoms with van der Waals surface area (Å²) in [6.45, 7) is 0. The van der Waals surface area contributed by atoms with Crippen LogP contribution in [-0.2, 0) is 14.7 Å². The quantitative estimate of drug-likeness (QED) is 0.714. The molecule has 2 aromatic rings. The van der Waals surface area contributed by atoms with Gasteiger partial charge in [0.05, 0.1) is 21.6 Å². The number of fused-ring (bicyclic) bond motifs is 1. The van der Waals surface area contributed by atoms with Crippen LogP contribution < -0.4 is 0 Å². The summed E-state index contributed by atoms with van der Waals surface area (Å²) in [6, 6.07) is 9.26. The minimum absolute atomic E-state index is 0.0499. The van der Waals surface area contributed by atoms with Crippen LogP contribution in [0.4, 0.5) is 13.2 Å². The molecule has 0 unspecified atom stereocenters. The number of amides is 2. The number of nitrogens with zero attached hydrogens (tertiary/aromatic N) is 1. The second kappa shape index (κ2) is 6.75. The molecule has 0 radical (unpaired) electrons. The van der Waals surface area contributed by atoms with E-state index in [-0.39, 0.29) is 21.8 Å². The molecule has 0 fully saturated rings. The average Bonchev–Trinajstić information content (AvgIpc) is 2.85. The summed E-state index contributed by atoms with van der Waals surface area (Å²) in [5, 5.41) is 0.265. The van der Waals surface area contributed by atoms with Gasteiger partial charge in [-0.3, -0.25) is 9.59 Å². The molecule has 1 aliphatic heterocycles. The van der Waals surface area contributed by atoms with Crippen molar-refractivity contribution in [3.63, 3.8) is 0 Å². The molecule has 0 aliphatic carbocycles. The van der Waals surface area contributed by atoms with Crippen molar-refractivity contribution in [3.8, 4) is 0 Å². The lowest BCUT2D eigenvalue weighted by Gasteiger charge is -2.13. The Balaban J connectivity index is 1.76. The SMILES string of the molecule is O=C(ON1C(=O)c2ccccc2C1=O)c1ccc(S(=O)(=O)CC(F)(F)F)cc1. The van der Waals surface area contributed by atoms with Crippen molar-refractivity contribution in [1.29, 1.82) is 0 Å². The first kappa shape index (κ1) is 19.5. The van der Waals surface area contributed by atoms with Crippen molar-refractivity contribution in [1.82, 2.24) is 5.06 Å². The number of halogens is 3. The summed E-state index contributed by atoms with van der Waals surface area (Å²) in [7, 11) is -4.63. The van der Waals surface area contributed by atoms with Crippen LogP contribution in [0.5, 0.6) is 0 Å². The van der Waals surface area contributed by atoms with Gasteiger partial charge in [-0.25, -0.2) is 13.2 Å². The van der Waals surface area contributed by atoms with E-state index in [4.69, 9.17) is 4.84 Å². The van der Waals surface area contributed by atoms with Crippen LogP contribution in [0.15, 0.2) is 53.4 Å². The van der Waals surface area contributed by atoms with Crippen LogP contribution in [0.2, 0.25) is 0 Å². The molecule has 28 heavy (non-hydrogen) atoms. The lowest BCUT2D eigenvalue weighted by Crippen LogP contribution is -2.32. The second-order valence-corrected chi connectivity index (χ2v) is 7.72. The summed E-state index contributed by atoms with van der Waals surface area (Å²) >= 11 is 0. The van der Waals surface area contributed by atoms with Gasteiger partial charge in [0.15, 0.2) is 15.6 Å². The van der Waals surface area contributed by atoms with E-state index in [1.165, 1.54) is 24.3 Å². The number of rotatable bonds is 4. The van der Waals surface area contributed by atoms with Crippen LogP contribution >= 0.6 is 0 Å². The first-order chi connectivity index (χ1) is 13.0. The third-order valence-corrected chi connectivity index (χ3v) is 5.43. The minimum atomic E-state index is -4.91. The number of carbonyl (C=O) groups is 3. The van der Waals surface area contributed by atoms with Crippen molar-refractivity contribution in [2.45, 2.75) is 11.1 Å². The third-order valence-electron chi connectivity index (χ3n) is 3.73. The first-order valence-corrected chi connectivity index (χ1v) is 9.24. The fraction of sp³-hybridized carbons (Fsp3) is 0.118. The highest BCUT2D eigenvalue weighted by molar-refractivity contribution is 7.91. The van der Waals surface area contributed by atoms with E-state index in [9.17, 15) is 36.0 Å². The van der Waals surface area contributed by atoms with E-state index in [0.29, 0.717) is 0 Å². The Morgan fingerprint density at radius 3 is 1.89 bits per heavy atom. The van der Waals surface area contributed by atoms with E-state index in [2.05, 4.69) is 0 Å². The summed E-state index contributed by atoms with van der Waals surface area (Å²) < 4.78 is 60.4. The van der Waals surface area contributed by atoms with Gasteiger partial charge < -0.3 is 4.84 Å². The fourth-order valence-electron chi connectivity index (χ4n) is 2.48. The molecule has 2 aromatic carbocycles. The molecule has 0 atom stereocenters. The van der Waals surface area contributed by atoms with Crippen molar-refractivity contribution in [2.24, 2.45) is 0 Å². The zero-order valence-corrected chi connectivity index (χ0v) is 14.6.